The van der Waals surface area contributed by atoms with Crippen LogP contribution in [0.15, 0.2) is 18.7 Å². The van der Waals surface area contributed by atoms with Crippen LogP contribution in [0.2, 0.25) is 0 Å². The molecule has 130 valence electrons. The number of amides is 1. The van der Waals surface area contributed by atoms with Crippen LogP contribution in [-0.4, -0.2) is 61.4 Å². The van der Waals surface area contributed by atoms with E-state index in [0.29, 0.717) is 19.7 Å². The van der Waals surface area contributed by atoms with Crippen molar-refractivity contribution in [3.8, 4) is 0 Å². The monoisotopic (exact) mass is 332 g/mol. The highest BCUT2D eigenvalue weighted by Gasteiger charge is 2.28. The lowest BCUT2D eigenvalue weighted by Crippen LogP contribution is -2.41. The van der Waals surface area contributed by atoms with Crippen LogP contribution in [0.3, 0.4) is 0 Å². The van der Waals surface area contributed by atoms with Crippen molar-refractivity contribution in [1.29, 1.82) is 0 Å². The number of likely N-dealkylation sites (tertiary alicyclic amines) is 1. The minimum atomic E-state index is 0.0577. The number of imidazole rings is 1. The molecule has 24 heavy (non-hydrogen) atoms. The first-order valence-electron chi connectivity index (χ1n) is 8.38. The van der Waals surface area contributed by atoms with Crippen molar-refractivity contribution < 1.29 is 9.53 Å². The van der Waals surface area contributed by atoms with Crippen molar-refractivity contribution in [3.05, 3.63) is 30.4 Å². The van der Waals surface area contributed by atoms with E-state index in [1.165, 1.54) is 0 Å². The lowest BCUT2D eigenvalue weighted by Gasteiger charge is -2.32. The lowest BCUT2D eigenvalue weighted by molar-refractivity contribution is -0.137. The lowest BCUT2D eigenvalue weighted by atomic mass is 9.97. The normalized spacial score (nSPS) is 18.1. The Balaban J connectivity index is 1.67. The van der Waals surface area contributed by atoms with E-state index < -0.39 is 0 Å². The number of aromatic nitrogens is 5. The van der Waals surface area contributed by atoms with Gasteiger partial charge in [-0.3, -0.25) is 4.79 Å². The van der Waals surface area contributed by atoms with Gasteiger partial charge in [0.2, 0.25) is 5.91 Å². The Hall–Kier alpha value is -2.22. The summed E-state index contributed by atoms with van der Waals surface area (Å²) in [4.78, 5) is 18.1. The SMILES string of the molecule is CCOCC(=O)N1CCC[C@@H](c2nnc(Cn3ccnc3)n2C)C1. The molecule has 8 nitrogen and oxygen atoms in total. The number of carbonyl (C=O) groups is 1. The minimum Gasteiger partial charge on any atom is -0.372 e. The summed E-state index contributed by atoms with van der Waals surface area (Å²) in [6.07, 6.45) is 7.42. The van der Waals surface area contributed by atoms with Gasteiger partial charge in [0.05, 0.1) is 12.9 Å². The maximum absolute atomic E-state index is 12.2. The molecule has 0 saturated carbocycles. The number of hydrogen-bond donors (Lipinski definition) is 0. The first-order chi connectivity index (χ1) is 11.7. The van der Waals surface area contributed by atoms with E-state index in [1.807, 2.05) is 34.2 Å². The molecule has 0 radical (unpaired) electrons. The summed E-state index contributed by atoms with van der Waals surface area (Å²) in [6.45, 7) is 4.74. The predicted octanol–water partition coefficient (Wildman–Crippen LogP) is 0.802. The molecule has 2 aromatic heterocycles. The molecule has 2 aromatic rings. The third-order valence-electron chi connectivity index (χ3n) is 4.45. The summed E-state index contributed by atoms with van der Waals surface area (Å²) >= 11 is 0. The third-order valence-corrected chi connectivity index (χ3v) is 4.45. The van der Waals surface area contributed by atoms with Crippen LogP contribution >= 0.6 is 0 Å². The largest absolute Gasteiger partial charge is 0.372 e. The van der Waals surface area contributed by atoms with Crippen LogP contribution in [0.4, 0.5) is 0 Å². The van der Waals surface area contributed by atoms with E-state index in [0.717, 1.165) is 31.0 Å². The Kier molecular flexibility index (Phi) is 5.24. The fourth-order valence-electron chi connectivity index (χ4n) is 3.11. The van der Waals surface area contributed by atoms with Gasteiger partial charge in [0.25, 0.3) is 0 Å². The van der Waals surface area contributed by atoms with Crippen LogP contribution in [0, 0.1) is 0 Å². The maximum Gasteiger partial charge on any atom is 0.248 e. The number of piperidine rings is 1. The Morgan fingerprint density at radius 2 is 2.29 bits per heavy atom. The molecule has 1 fully saturated rings. The molecule has 1 aliphatic rings. The molecular weight excluding hydrogens is 308 g/mol. The van der Waals surface area contributed by atoms with Crippen LogP contribution in [-0.2, 0) is 23.1 Å². The van der Waals surface area contributed by atoms with E-state index in [-0.39, 0.29) is 18.4 Å². The number of rotatable bonds is 6. The van der Waals surface area contributed by atoms with Gasteiger partial charge in [-0.1, -0.05) is 0 Å². The standard InChI is InChI=1S/C16H24N6O2/c1-3-24-11-15(23)22-7-4-5-13(9-22)16-19-18-14(20(16)2)10-21-8-6-17-12-21/h6,8,12-13H,3-5,7,9-11H2,1-2H3/t13-/m1/s1. The van der Waals surface area contributed by atoms with Gasteiger partial charge >= 0.3 is 0 Å². The molecule has 1 aliphatic heterocycles. The second-order valence-corrected chi connectivity index (χ2v) is 6.08. The summed E-state index contributed by atoms with van der Waals surface area (Å²) in [6, 6.07) is 0. The van der Waals surface area contributed by atoms with Crippen molar-refractivity contribution in [3.63, 3.8) is 0 Å². The second kappa shape index (κ2) is 7.57. The molecule has 8 heteroatoms. The van der Waals surface area contributed by atoms with E-state index >= 15 is 0 Å². The average Bonchev–Trinajstić information content (AvgIpc) is 3.24. The number of nitrogens with zero attached hydrogens (tertiary/aromatic N) is 6. The zero-order valence-corrected chi connectivity index (χ0v) is 14.3. The number of hydrogen-bond acceptors (Lipinski definition) is 5. The van der Waals surface area contributed by atoms with Crippen molar-refractivity contribution in [2.24, 2.45) is 7.05 Å². The van der Waals surface area contributed by atoms with E-state index in [1.54, 1.807) is 12.5 Å². The molecule has 3 rings (SSSR count). The molecule has 1 amide bonds. The fourth-order valence-corrected chi connectivity index (χ4v) is 3.11. The van der Waals surface area contributed by atoms with E-state index in [2.05, 4.69) is 15.2 Å². The average molecular weight is 332 g/mol. The van der Waals surface area contributed by atoms with Crippen LogP contribution in [0.5, 0.6) is 0 Å². The van der Waals surface area contributed by atoms with Crippen LogP contribution < -0.4 is 0 Å². The molecule has 0 bridgehead atoms. The first-order valence-corrected chi connectivity index (χ1v) is 8.38. The van der Waals surface area contributed by atoms with Gasteiger partial charge < -0.3 is 18.8 Å². The van der Waals surface area contributed by atoms with Crippen molar-refractivity contribution in [1.82, 2.24) is 29.2 Å². The van der Waals surface area contributed by atoms with Crippen LogP contribution in [0.25, 0.3) is 0 Å². The van der Waals surface area contributed by atoms with Crippen LogP contribution in [0.1, 0.15) is 37.3 Å². The van der Waals surface area contributed by atoms with Crippen molar-refractivity contribution in [2.75, 3.05) is 26.3 Å². The molecule has 1 saturated heterocycles. The van der Waals surface area contributed by atoms with Gasteiger partial charge in [-0.15, -0.1) is 10.2 Å². The highest BCUT2D eigenvalue weighted by molar-refractivity contribution is 5.77. The minimum absolute atomic E-state index is 0.0577. The Morgan fingerprint density at radius 1 is 1.42 bits per heavy atom. The quantitative estimate of drug-likeness (QED) is 0.782. The first kappa shape index (κ1) is 16.6. The van der Waals surface area contributed by atoms with E-state index in [9.17, 15) is 4.79 Å². The van der Waals surface area contributed by atoms with E-state index in [4.69, 9.17) is 4.74 Å². The molecule has 1 atom stereocenters. The smallest absolute Gasteiger partial charge is 0.248 e. The Morgan fingerprint density at radius 3 is 3.04 bits per heavy atom. The summed E-state index contributed by atoms with van der Waals surface area (Å²) in [7, 11) is 1.99. The molecule has 0 N–H and O–H groups in total. The van der Waals surface area contributed by atoms with Gasteiger partial charge in [0.1, 0.15) is 12.4 Å². The number of carbonyl (C=O) groups excluding carboxylic acids is 1. The topological polar surface area (TPSA) is 78.1 Å². The molecule has 0 spiro atoms. The molecular formula is C16H24N6O2. The summed E-state index contributed by atoms with van der Waals surface area (Å²) in [5, 5.41) is 8.71. The van der Waals surface area contributed by atoms with Gasteiger partial charge in [0.15, 0.2) is 5.82 Å². The molecule has 0 aromatic carbocycles. The van der Waals surface area contributed by atoms with Gasteiger partial charge in [-0.05, 0) is 19.8 Å². The van der Waals surface area contributed by atoms with Gasteiger partial charge in [0, 0.05) is 45.1 Å². The highest BCUT2D eigenvalue weighted by atomic mass is 16.5. The molecule has 3 heterocycles. The summed E-state index contributed by atoms with van der Waals surface area (Å²) in [5.74, 6) is 2.11. The highest BCUT2D eigenvalue weighted by Crippen LogP contribution is 2.26. The molecule has 0 aliphatic carbocycles. The summed E-state index contributed by atoms with van der Waals surface area (Å²) < 4.78 is 9.25. The Bertz CT molecular complexity index is 666. The maximum atomic E-state index is 12.2. The number of ether oxygens (including phenoxy) is 1. The zero-order valence-electron chi connectivity index (χ0n) is 14.3. The third kappa shape index (κ3) is 3.64. The van der Waals surface area contributed by atoms with Crippen molar-refractivity contribution in [2.45, 2.75) is 32.2 Å². The predicted molar refractivity (Wildman–Crippen MR) is 87.4 cm³/mol. The second-order valence-electron chi connectivity index (χ2n) is 6.08. The zero-order chi connectivity index (χ0) is 16.9. The van der Waals surface area contributed by atoms with Crippen molar-refractivity contribution >= 4 is 5.91 Å². The fraction of sp³-hybridized carbons (Fsp3) is 0.625. The van der Waals surface area contributed by atoms with Gasteiger partial charge in [-0.25, -0.2) is 4.98 Å². The molecule has 0 unspecified atom stereocenters. The Labute approximate surface area is 141 Å². The summed E-state index contributed by atoms with van der Waals surface area (Å²) in [5.41, 5.74) is 0. The van der Waals surface area contributed by atoms with Gasteiger partial charge in [-0.2, -0.15) is 0 Å².